The molecule has 0 bridgehead atoms. The van der Waals surface area contributed by atoms with Gasteiger partial charge in [0.1, 0.15) is 5.82 Å². The van der Waals surface area contributed by atoms with Crippen molar-refractivity contribution in [1.29, 1.82) is 0 Å². The smallest absolute Gasteiger partial charge is 0.192 e. The molecule has 194 valence electrons. The first-order valence-electron chi connectivity index (χ1n) is 13.2. The lowest BCUT2D eigenvalue weighted by Crippen LogP contribution is -2.40. The maximum atomic E-state index is 14.3. The summed E-state index contributed by atoms with van der Waals surface area (Å²) in [5.74, 6) is -0.0262. The Morgan fingerprint density at radius 3 is 2.14 bits per heavy atom. The molecule has 0 unspecified atom stereocenters. The SMILES string of the molecule is CCCCCc1c(C(C)C)nc(C(C)C)c(CO[Si](C)(C)C(C)(C)C)c1-c1ccc(F)c(C=O)c1. The fourth-order valence-electron chi connectivity index (χ4n) is 4.22. The molecule has 0 aliphatic rings. The molecular weight excluding hydrogens is 453 g/mol. The summed E-state index contributed by atoms with van der Waals surface area (Å²) < 4.78 is 21.1. The number of carbonyl (C=O) groups is 1. The number of aromatic nitrogens is 1. The summed E-state index contributed by atoms with van der Waals surface area (Å²) in [7, 11) is -2.02. The Labute approximate surface area is 214 Å². The standard InChI is InChI=1S/C30H46FNO2Si/c1-11-12-13-14-24-27(22-15-16-26(31)23(17-22)18-33)25(19-34-35(9,10)30(6,7)8)29(21(4)5)32-28(24)20(2)3/h15-18,20-21H,11-14,19H2,1-10H3. The summed E-state index contributed by atoms with van der Waals surface area (Å²) in [6.45, 7) is 22.7. The number of halogens is 1. The molecule has 0 radical (unpaired) electrons. The van der Waals surface area contributed by atoms with Gasteiger partial charge < -0.3 is 4.43 Å². The van der Waals surface area contributed by atoms with E-state index in [9.17, 15) is 9.18 Å². The van der Waals surface area contributed by atoms with Crippen LogP contribution in [-0.2, 0) is 17.5 Å². The van der Waals surface area contributed by atoms with Gasteiger partial charge in [-0.05, 0) is 71.6 Å². The highest BCUT2D eigenvalue weighted by atomic mass is 28.4. The number of hydrogen-bond donors (Lipinski definition) is 0. The summed E-state index contributed by atoms with van der Waals surface area (Å²) in [6, 6.07) is 4.92. The van der Waals surface area contributed by atoms with E-state index in [1.807, 2.05) is 6.07 Å². The van der Waals surface area contributed by atoms with Crippen LogP contribution in [0.15, 0.2) is 18.2 Å². The summed E-state index contributed by atoms with van der Waals surface area (Å²) >= 11 is 0. The van der Waals surface area contributed by atoms with Gasteiger partial charge in [-0.1, -0.05) is 74.3 Å². The summed E-state index contributed by atoms with van der Waals surface area (Å²) in [4.78, 5) is 16.9. The Hall–Kier alpha value is -1.85. The largest absolute Gasteiger partial charge is 0.412 e. The van der Waals surface area contributed by atoms with Crippen LogP contribution in [0.4, 0.5) is 4.39 Å². The molecule has 0 atom stereocenters. The van der Waals surface area contributed by atoms with Gasteiger partial charge in [0, 0.05) is 17.0 Å². The van der Waals surface area contributed by atoms with Gasteiger partial charge in [0.15, 0.2) is 14.6 Å². The van der Waals surface area contributed by atoms with Gasteiger partial charge in [0.05, 0.1) is 12.2 Å². The predicted octanol–water partition coefficient (Wildman–Crippen LogP) is 9.20. The van der Waals surface area contributed by atoms with E-state index in [4.69, 9.17) is 9.41 Å². The molecular formula is C30H46FNO2Si. The number of pyridine rings is 1. The fourth-order valence-corrected chi connectivity index (χ4v) is 5.15. The van der Waals surface area contributed by atoms with Crippen molar-refractivity contribution in [2.24, 2.45) is 0 Å². The van der Waals surface area contributed by atoms with Gasteiger partial charge in [-0.2, -0.15) is 0 Å². The van der Waals surface area contributed by atoms with Crippen LogP contribution in [0.3, 0.4) is 0 Å². The highest BCUT2D eigenvalue weighted by Gasteiger charge is 2.38. The van der Waals surface area contributed by atoms with Gasteiger partial charge in [-0.3, -0.25) is 9.78 Å². The second-order valence-electron chi connectivity index (χ2n) is 11.9. The van der Waals surface area contributed by atoms with Gasteiger partial charge >= 0.3 is 0 Å². The molecule has 0 spiro atoms. The molecule has 0 saturated carbocycles. The van der Waals surface area contributed by atoms with Crippen LogP contribution in [0.2, 0.25) is 18.1 Å². The summed E-state index contributed by atoms with van der Waals surface area (Å²) in [6.07, 6.45) is 4.85. The maximum absolute atomic E-state index is 14.3. The molecule has 1 aromatic carbocycles. The molecule has 2 rings (SSSR count). The van der Waals surface area contributed by atoms with Crippen molar-refractivity contribution in [1.82, 2.24) is 4.98 Å². The third-order valence-corrected chi connectivity index (χ3v) is 11.9. The Bertz CT molecular complexity index is 1020. The number of unbranched alkanes of at least 4 members (excludes halogenated alkanes) is 2. The first-order chi connectivity index (χ1) is 16.2. The topological polar surface area (TPSA) is 39.2 Å². The number of benzene rings is 1. The van der Waals surface area contributed by atoms with Crippen LogP contribution < -0.4 is 0 Å². The zero-order chi connectivity index (χ0) is 26.6. The van der Waals surface area contributed by atoms with Gasteiger partial charge in [-0.15, -0.1) is 0 Å². The van der Waals surface area contributed by atoms with Crippen molar-refractivity contribution in [3.8, 4) is 11.1 Å². The van der Waals surface area contributed by atoms with Crippen LogP contribution in [-0.4, -0.2) is 19.6 Å². The lowest BCUT2D eigenvalue weighted by Gasteiger charge is -2.37. The lowest BCUT2D eigenvalue weighted by molar-refractivity contribution is 0.112. The van der Waals surface area contributed by atoms with Crippen molar-refractivity contribution >= 4 is 14.6 Å². The Morgan fingerprint density at radius 1 is 1.03 bits per heavy atom. The average Bonchev–Trinajstić information content (AvgIpc) is 2.76. The molecule has 0 aliphatic carbocycles. The van der Waals surface area contributed by atoms with E-state index in [-0.39, 0.29) is 22.4 Å². The molecule has 3 nitrogen and oxygen atoms in total. The zero-order valence-electron chi connectivity index (χ0n) is 23.6. The van der Waals surface area contributed by atoms with Crippen LogP contribution in [0.5, 0.6) is 0 Å². The van der Waals surface area contributed by atoms with E-state index < -0.39 is 14.1 Å². The maximum Gasteiger partial charge on any atom is 0.192 e. The van der Waals surface area contributed by atoms with Gasteiger partial charge in [0.2, 0.25) is 0 Å². The highest BCUT2D eigenvalue weighted by Crippen LogP contribution is 2.41. The molecule has 0 aliphatic heterocycles. The second-order valence-corrected chi connectivity index (χ2v) is 16.7. The first-order valence-corrected chi connectivity index (χ1v) is 16.1. The van der Waals surface area contributed by atoms with Crippen LogP contribution in [0, 0.1) is 5.82 Å². The minimum Gasteiger partial charge on any atom is -0.412 e. The highest BCUT2D eigenvalue weighted by molar-refractivity contribution is 6.74. The average molecular weight is 500 g/mol. The zero-order valence-corrected chi connectivity index (χ0v) is 24.6. The molecule has 0 amide bonds. The number of rotatable bonds is 11. The van der Waals surface area contributed by atoms with Gasteiger partial charge in [-0.25, -0.2) is 4.39 Å². The van der Waals surface area contributed by atoms with Crippen LogP contribution in [0.1, 0.15) is 119 Å². The molecule has 1 heterocycles. The molecule has 0 fully saturated rings. The van der Waals surface area contributed by atoms with E-state index in [1.54, 1.807) is 6.07 Å². The second kappa shape index (κ2) is 11.9. The predicted molar refractivity (Wildman–Crippen MR) is 148 cm³/mol. The number of hydrogen-bond acceptors (Lipinski definition) is 3. The van der Waals surface area contributed by atoms with Crippen LogP contribution >= 0.6 is 0 Å². The van der Waals surface area contributed by atoms with Crippen molar-refractivity contribution < 1.29 is 13.6 Å². The minimum absolute atomic E-state index is 0.0843. The fraction of sp³-hybridized carbons (Fsp3) is 0.600. The molecule has 0 N–H and O–H groups in total. The summed E-state index contributed by atoms with van der Waals surface area (Å²) in [5.41, 5.74) is 6.50. The molecule has 1 aromatic heterocycles. The van der Waals surface area contributed by atoms with E-state index >= 15 is 0 Å². The van der Waals surface area contributed by atoms with E-state index in [2.05, 4.69) is 68.5 Å². The van der Waals surface area contributed by atoms with Crippen molar-refractivity contribution in [3.05, 3.63) is 52.1 Å². The van der Waals surface area contributed by atoms with Crippen molar-refractivity contribution in [2.75, 3.05) is 0 Å². The van der Waals surface area contributed by atoms with Crippen molar-refractivity contribution in [3.63, 3.8) is 0 Å². The minimum atomic E-state index is -2.02. The quantitative estimate of drug-likeness (QED) is 0.176. The van der Waals surface area contributed by atoms with E-state index in [1.165, 1.54) is 11.6 Å². The molecule has 5 heteroatoms. The van der Waals surface area contributed by atoms with E-state index in [0.29, 0.717) is 12.9 Å². The Kier molecular flexibility index (Phi) is 10.0. The van der Waals surface area contributed by atoms with Gasteiger partial charge in [0.25, 0.3) is 0 Å². The third kappa shape index (κ3) is 6.88. The molecule has 2 aromatic rings. The first kappa shape index (κ1) is 29.4. The molecule has 35 heavy (non-hydrogen) atoms. The van der Waals surface area contributed by atoms with Crippen molar-refractivity contribution in [2.45, 2.75) is 118 Å². The lowest BCUT2D eigenvalue weighted by atomic mass is 9.85. The number of aldehydes is 1. The van der Waals surface area contributed by atoms with Crippen LogP contribution in [0.25, 0.3) is 11.1 Å². The normalized spacial score (nSPS) is 12.6. The Balaban J connectivity index is 2.89. The monoisotopic (exact) mass is 499 g/mol. The summed E-state index contributed by atoms with van der Waals surface area (Å²) in [5, 5.41) is 0.0843. The third-order valence-electron chi connectivity index (χ3n) is 7.38. The Morgan fingerprint density at radius 2 is 1.63 bits per heavy atom. The van der Waals surface area contributed by atoms with E-state index in [0.717, 1.165) is 53.8 Å². The number of carbonyl (C=O) groups excluding carboxylic acids is 1. The molecule has 0 saturated heterocycles. The number of nitrogens with zero attached hydrogens (tertiary/aromatic N) is 1.